The van der Waals surface area contributed by atoms with Crippen LogP contribution in [0.4, 0.5) is 0 Å². The van der Waals surface area contributed by atoms with Crippen molar-refractivity contribution in [2.24, 2.45) is 4.99 Å². The molecule has 0 spiro atoms. The van der Waals surface area contributed by atoms with Gasteiger partial charge in [0.05, 0.1) is 25.8 Å². The van der Waals surface area contributed by atoms with Gasteiger partial charge < -0.3 is 25.2 Å². The van der Waals surface area contributed by atoms with Crippen LogP contribution in [0.5, 0.6) is 11.5 Å². The fourth-order valence-corrected chi connectivity index (χ4v) is 2.50. The van der Waals surface area contributed by atoms with Gasteiger partial charge in [0, 0.05) is 12.6 Å². The Morgan fingerprint density at radius 2 is 2.08 bits per heavy atom. The van der Waals surface area contributed by atoms with Crippen molar-refractivity contribution in [1.29, 1.82) is 0 Å². The highest BCUT2D eigenvalue weighted by molar-refractivity contribution is 5.79. The van der Waals surface area contributed by atoms with Crippen molar-refractivity contribution in [2.45, 2.75) is 44.8 Å². The van der Waals surface area contributed by atoms with Gasteiger partial charge in [-0.1, -0.05) is 6.07 Å². The van der Waals surface area contributed by atoms with E-state index >= 15 is 0 Å². The van der Waals surface area contributed by atoms with Gasteiger partial charge in [0.2, 0.25) is 0 Å². The number of nitrogens with one attached hydrogen (secondary N) is 2. The summed E-state index contributed by atoms with van der Waals surface area (Å²) in [6, 6.07) is 7.56. The van der Waals surface area contributed by atoms with Crippen LogP contribution in [0.15, 0.2) is 29.3 Å². The van der Waals surface area contributed by atoms with Gasteiger partial charge in [-0.2, -0.15) is 0 Å². The molecule has 6 heteroatoms. The van der Waals surface area contributed by atoms with E-state index in [0.717, 1.165) is 37.3 Å². The van der Waals surface area contributed by atoms with Crippen LogP contribution in [0, 0.1) is 0 Å². The Bertz CT molecular complexity index is 544. The number of hydrogen-bond acceptors (Lipinski definition) is 4. The summed E-state index contributed by atoms with van der Waals surface area (Å²) in [5.41, 5.74) is -0.606. The molecular formula is C18H29N3O3. The van der Waals surface area contributed by atoms with Crippen LogP contribution < -0.4 is 20.1 Å². The molecule has 1 aromatic carbocycles. The highest BCUT2D eigenvalue weighted by Gasteiger charge is 2.34. The summed E-state index contributed by atoms with van der Waals surface area (Å²) in [6.45, 7) is 5.84. The minimum Gasteiger partial charge on any atom is -0.497 e. The molecule has 24 heavy (non-hydrogen) atoms. The second-order valence-electron chi connectivity index (χ2n) is 6.26. The third-order valence-corrected chi connectivity index (χ3v) is 4.10. The van der Waals surface area contributed by atoms with Crippen LogP contribution in [0.3, 0.4) is 0 Å². The fourth-order valence-electron chi connectivity index (χ4n) is 2.50. The topological polar surface area (TPSA) is 75.1 Å². The molecule has 1 fully saturated rings. The Morgan fingerprint density at radius 1 is 1.33 bits per heavy atom. The second-order valence-corrected chi connectivity index (χ2v) is 6.26. The minimum atomic E-state index is -0.606. The quantitative estimate of drug-likeness (QED) is 0.500. The largest absolute Gasteiger partial charge is 0.497 e. The number of guanidine groups is 1. The molecule has 0 bridgehead atoms. The predicted molar refractivity (Wildman–Crippen MR) is 95.9 cm³/mol. The second kappa shape index (κ2) is 8.78. The van der Waals surface area contributed by atoms with E-state index in [1.54, 1.807) is 7.11 Å². The molecule has 134 valence electrons. The van der Waals surface area contributed by atoms with E-state index in [1.807, 2.05) is 38.1 Å². The summed E-state index contributed by atoms with van der Waals surface area (Å²) >= 11 is 0. The van der Waals surface area contributed by atoms with Crippen molar-refractivity contribution in [1.82, 2.24) is 10.6 Å². The van der Waals surface area contributed by atoms with Gasteiger partial charge in [0.25, 0.3) is 0 Å². The van der Waals surface area contributed by atoms with Crippen LogP contribution in [0.25, 0.3) is 0 Å². The molecule has 6 nitrogen and oxygen atoms in total. The Kier molecular flexibility index (Phi) is 6.73. The zero-order valence-electron chi connectivity index (χ0n) is 14.8. The normalized spacial score (nSPS) is 17.6. The first-order chi connectivity index (χ1) is 11.5. The molecule has 1 aliphatic carbocycles. The van der Waals surface area contributed by atoms with Crippen LogP contribution >= 0.6 is 0 Å². The molecule has 0 heterocycles. The molecule has 1 atom stereocenters. The van der Waals surface area contributed by atoms with Crippen LogP contribution in [0.2, 0.25) is 0 Å². The fraction of sp³-hybridized carbons (Fsp3) is 0.611. The Balaban J connectivity index is 1.82. The maximum atomic E-state index is 10.1. The first-order valence-electron chi connectivity index (χ1n) is 8.60. The minimum absolute atomic E-state index is 0.0345. The number of aliphatic imine (C=N–C) groups is 1. The molecule has 1 saturated carbocycles. The lowest BCUT2D eigenvalue weighted by Gasteiger charge is -2.35. The lowest BCUT2D eigenvalue weighted by molar-refractivity contribution is -0.0236. The van der Waals surface area contributed by atoms with Gasteiger partial charge in [-0.25, -0.2) is 0 Å². The molecule has 0 saturated heterocycles. The molecule has 0 radical (unpaired) electrons. The first-order valence-corrected chi connectivity index (χ1v) is 8.60. The zero-order chi connectivity index (χ0) is 17.4. The van der Waals surface area contributed by atoms with E-state index in [1.165, 1.54) is 0 Å². The van der Waals surface area contributed by atoms with Crippen molar-refractivity contribution >= 4 is 5.96 Å². The zero-order valence-corrected chi connectivity index (χ0v) is 14.8. The van der Waals surface area contributed by atoms with Crippen molar-refractivity contribution in [3.63, 3.8) is 0 Å². The Labute approximate surface area is 144 Å². The van der Waals surface area contributed by atoms with Gasteiger partial charge in [-0.05, 0) is 45.2 Å². The molecule has 3 N–H and O–H groups in total. The van der Waals surface area contributed by atoms with Crippen molar-refractivity contribution in [3.8, 4) is 11.5 Å². The Hall–Kier alpha value is -1.95. The highest BCUT2D eigenvalue weighted by Crippen LogP contribution is 2.31. The molecule has 1 aromatic rings. The number of hydrogen-bond donors (Lipinski definition) is 3. The van der Waals surface area contributed by atoms with E-state index in [2.05, 4.69) is 15.6 Å². The van der Waals surface area contributed by atoms with E-state index in [-0.39, 0.29) is 6.10 Å². The average Bonchev–Trinajstić information content (AvgIpc) is 2.55. The van der Waals surface area contributed by atoms with Crippen molar-refractivity contribution in [2.75, 3.05) is 26.7 Å². The molecule has 2 rings (SSSR count). The van der Waals surface area contributed by atoms with Crippen LogP contribution in [-0.2, 0) is 0 Å². The van der Waals surface area contributed by atoms with E-state index in [4.69, 9.17) is 9.47 Å². The van der Waals surface area contributed by atoms with Crippen LogP contribution in [0.1, 0.15) is 33.1 Å². The van der Waals surface area contributed by atoms with Crippen LogP contribution in [-0.4, -0.2) is 49.5 Å². The summed E-state index contributed by atoms with van der Waals surface area (Å²) in [5, 5.41) is 16.6. The SMILES string of the molecule is CCNC(=NCC1(O)CCC1)NCC(C)Oc1cccc(OC)c1. The molecule has 0 aromatic heterocycles. The number of benzene rings is 1. The predicted octanol–water partition coefficient (Wildman–Crippen LogP) is 1.93. The Morgan fingerprint density at radius 3 is 2.71 bits per heavy atom. The standard InChI is InChI=1S/C18H29N3O3/c1-4-19-17(21-13-18(22)9-6-10-18)20-12-14(2)24-16-8-5-7-15(11-16)23-3/h5,7-8,11,14,22H,4,6,9-10,12-13H2,1-3H3,(H2,19,20,21). The molecule has 1 aliphatic rings. The summed E-state index contributed by atoms with van der Waals surface area (Å²) in [4.78, 5) is 4.48. The molecular weight excluding hydrogens is 306 g/mol. The number of methoxy groups -OCH3 is 1. The highest BCUT2D eigenvalue weighted by atomic mass is 16.5. The number of rotatable bonds is 8. The first kappa shape index (κ1) is 18.4. The number of aliphatic hydroxyl groups is 1. The summed E-state index contributed by atoms with van der Waals surface area (Å²) in [5.74, 6) is 2.25. The van der Waals surface area contributed by atoms with Gasteiger partial charge in [-0.3, -0.25) is 4.99 Å². The summed E-state index contributed by atoms with van der Waals surface area (Å²) < 4.78 is 11.1. The number of ether oxygens (including phenoxy) is 2. The third kappa shape index (κ3) is 5.60. The maximum absolute atomic E-state index is 10.1. The summed E-state index contributed by atoms with van der Waals surface area (Å²) in [7, 11) is 1.64. The monoisotopic (exact) mass is 335 g/mol. The molecule has 0 aliphatic heterocycles. The number of nitrogens with zero attached hydrogens (tertiary/aromatic N) is 1. The van der Waals surface area contributed by atoms with Gasteiger partial charge in [0.1, 0.15) is 17.6 Å². The smallest absolute Gasteiger partial charge is 0.191 e. The van der Waals surface area contributed by atoms with E-state index in [9.17, 15) is 5.11 Å². The van der Waals surface area contributed by atoms with Crippen molar-refractivity contribution in [3.05, 3.63) is 24.3 Å². The molecule has 0 amide bonds. The van der Waals surface area contributed by atoms with Gasteiger partial charge in [0.15, 0.2) is 5.96 Å². The third-order valence-electron chi connectivity index (χ3n) is 4.10. The summed E-state index contributed by atoms with van der Waals surface area (Å²) in [6.07, 6.45) is 2.73. The van der Waals surface area contributed by atoms with Gasteiger partial charge in [-0.15, -0.1) is 0 Å². The van der Waals surface area contributed by atoms with Gasteiger partial charge >= 0.3 is 0 Å². The average molecular weight is 335 g/mol. The van der Waals surface area contributed by atoms with Crippen molar-refractivity contribution < 1.29 is 14.6 Å². The lowest BCUT2D eigenvalue weighted by Crippen LogP contribution is -2.45. The van der Waals surface area contributed by atoms with E-state index in [0.29, 0.717) is 19.0 Å². The molecule has 1 unspecified atom stereocenters. The van der Waals surface area contributed by atoms with E-state index < -0.39 is 5.60 Å². The lowest BCUT2D eigenvalue weighted by atomic mass is 9.80. The maximum Gasteiger partial charge on any atom is 0.191 e.